The number of carbonyl (C=O) groups is 1. The lowest BCUT2D eigenvalue weighted by Gasteiger charge is -2.66. The van der Waals surface area contributed by atoms with Crippen LogP contribution in [0.15, 0.2) is 54.6 Å². The van der Waals surface area contributed by atoms with E-state index in [1.54, 1.807) is 0 Å². The predicted octanol–water partition coefficient (Wildman–Crippen LogP) is 6.98. The molecule has 3 aliphatic carbocycles. The van der Waals surface area contributed by atoms with E-state index in [2.05, 4.69) is 91.2 Å². The van der Waals surface area contributed by atoms with Crippen LogP contribution in [0.25, 0.3) is 11.1 Å². The molecule has 0 saturated heterocycles. The fraction of sp³-hybridized carbons (Fsp3) is 0.409. The third-order valence-corrected chi connectivity index (χ3v) is 10.4. The van der Waals surface area contributed by atoms with Gasteiger partial charge in [-0.2, -0.15) is 0 Å². The molecule has 0 aliphatic heterocycles. The molecule has 3 aliphatic rings. The third-order valence-electron chi connectivity index (χ3n) is 7.14. The van der Waals surface area contributed by atoms with E-state index in [-0.39, 0.29) is 30.7 Å². The molecule has 2 bridgehead atoms. The number of anilines is 1. The van der Waals surface area contributed by atoms with Gasteiger partial charge in [-0.05, 0) is 41.5 Å². The summed E-state index contributed by atoms with van der Waals surface area (Å²) in [5.41, 5.74) is 2.74. The number of amides is 1. The van der Waals surface area contributed by atoms with Crippen LogP contribution in [-0.4, -0.2) is 14.5 Å². The lowest BCUT2D eigenvalue weighted by Crippen LogP contribution is -2.71. The van der Waals surface area contributed by atoms with Gasteiger partial charge in [0.05, 0.1) is 9.15 Å². The SMILES string of the molecule is CC1(C)C2(C(=O)Nc3ccc(-c4ccccc4)cc3)CCC1(C(Br)Br)C2Br. The lowest BCUT2D eigenvalue weighted by atomic mass is 9.43. The second-order valence-electron chi connectivity index (χ2n) is 8.20. The van der Waals surface area contributed by atoms with Crippen molar-refractivity contribution in [1.82, 2.24) is 0 Å². The Morgan fingerprint density at radius 3 is 2.11 bits per heavy atom. The van der Waals surface area contributed by atoms with E-state index in [1.165, 1.54) is 5.56 Å². The molecular weight excluding hydrogens is 534 g/mol. The molecule has 3 fully saturated rings. The first kappa shape index (κ1) is 19.7. The Bertz CT molecular complexity index is 865. The Morgan fingerprint density at radius 2 is 1.59 bits per heavy atom. The monoisotopic (exact) mass is 553 g/mol. The minimum Gasteiger partial charge on any atom is -0.326 e. The van der Waals surface area contributed by atoms with Gasteiger partial charge >= 0.3 is 0 Å². The molecule has 5 heteroatoms. The average molecular weight is 556 g/mol. The molecule has 3 saturated carbocycles. The third kappa shape index (κ3) is 2.50. The van der Waals surface area contributed by atoms with Gasteiger partial charge in [-0.15, -0.1) is 0 Å². The van der Waals surface area contributed by atoms with Crippen molar-refractivity contribution in [2.45, 2.75) is 35.3 Å². The maximum atomic E-state index is 13.3. The Balaban J connectivity index is 1.55. The first-order valence-electron chi connectivity index (χ1n) is 9.16. The Morgan fingerprint density at radius 1 is 1.00 bits per heavy atom. The largest absolute Gasteiger partial charge is 0.326 e. The smallest absolute Gasteiger partial charge is 0.232 e. The summed E-state index contributed by atoms with van der Waals surface area (Å²) in [6.45, 7) is 4.46. The van der Waals surface area contributed by atoms with Gasteiger partial charge in [-0.1, -0.05) is 104 Å². The maximum Gasteiger partial charge on any atom is 0.232 e. The summed E-state index contributed by atoms with van der Waals surface area (Å²) in [4.78, 5) is 13.5. The molecule has 2 nitrogen and oxygen atoms in total. The van der Waals surface area contributed by atoms with Crippen LogP contribution >= 0.6 is 47.8 Å². The number of hydrogen-bond donors (Lipinski definition) is 1. The lowest BCUT2D eigenvalue weighted by molar-refractivity contribution is -0.155. The number of fused-ring (bicyclic) bond motifs is 1. The summed E-state index contributed by atoms with van der Waals surface area (Å²) in [7, 11) is 0. The molecule has 5 rings (SSSR count). The highest BCUT2D eigenvalue weighted by molar-refractivity contribution is 9.24. The highest BCUT2D eigenvalue weighted by Gasteiger charge is 2.83. The van der Waals surface area contributed by atoms with E-state index in [0.717, 1.165) is 24.1 Å². The standard InChI is InChI=1S/C22H22Br3NO/c1-20(2)21(18(24)25)12-13-22(20,17(21)23)19(27)26-16-10-8-15(9-11-16)14-6-4-3-5-7-14/h3-11,17-18H,12-13H2,1-2H3,(H,26,27). The highest BCUT2D eigenvalue weighted by atomic mass is 79.9. The van der Waals surface area contributed by atoms with Crippen LogP contribution in [0, 0.1) is 16.2 Å². The van der Waals surface area contributed by atoms with E-state index in [0.29, 0.717) is 0 Å². The van der Waals surface area contributed by atoms with Crippen molar-refractivity contribution in [3.8, 4) is 11.1 Å². The Hall–Kier alpha value is -0.650. The van der Waals surface area contributed by atoms with Crippen LogP contribution in [0.3, 0.4) is 0 Å². The molecule has 2 aromatic carbocycles. The van der Waals surface area contributed by atoms with Crippen LogP contribution in [0.4, 0.5) is 5.69 Å². The Labute approximate surface area is 185 Å². The van der Waals surface area contributed by atoms with Gasteiger partial charge in [0.25, 0.3) is 0 Å². The van der Waals surface area contributed by atoms with E-state index in [9.17, 15) is 4.79 Å². The molecule has 0 aromatic heterocycles. The average Bonchev–Trinajstić information content (AvgIpc) is 3.13. The van der Waals surface area contributed by atoms with Crippen molar-refractivity contribution in [3.63, 3.8) is 0 Å². The van der Waals surface area contributed by atoms with Crippen LogP contribution < -0.4 is 5.32 Å². The van der Waals surface area contributed by atoms with Gasteiger partial charge in [-0.3, -0.25) is 4.79 Å². The minimum absolute atomic E-state index is 0.0432. The van der Waals surface area contributed by atoms with Gasteiger partial charge in [0.2, 0.25) is 5.91 Å². The summed E-state index contributed by atoms with van der Waals surface area (Å²) in [5, 5.41) is 3.18. The molecule has 0 spiro atoms. The number of rotatable bonds is 4. The van der Waals surface area contributed by atoms with Crippen LogP contribution in [0.1, 0.15) is 26.7 Å². The first-order chi connectivity index (χ1) is 12.8. The topological polar surface area (TPSA) is 29.1 Å². The first-order valence-corrected chi connectivity index (χ1v) is 11.9. The molecule has 0 heterocycles. The number of nitrogens with one attached hydrogen (secondary N) is 1. The van der Waals surface area contributed by atoms with Gasteiger partial charge in [0.15, 0.2) is 0 Å². The van der Waals surface area contributed by atoms with Gasteiger partial charge < -0.3 is 5.32 Å². The molecular formula is C22H22Br3NO. The molecule has 27 heavy (non-hydrogen) atoms. The van der Waals surface area contributed by atoms with Crippen molar-refractivity contribution in [2.75, 3.05) is 5.32 Å². The fourth-order valence-corrected chi connectivity index (χ4v) is 10.2. The van der Waals surface area contributed by atoms with E-state index in [1.807, 2.05) is 30.3 Å². The zero-order chi connectivity index (χ0) is 19.4. The maximum absolute atomic E-state index is 13.3. The zero-order valence-corrected chi connectivity index (χ0v) is 20.1. The van der Waals surface area contributed by atoms with Crippen LogP contribution in [-0.2, 0) is 4.79 Å². The van der Waals surface area contributed by atoms with Crippen molar-refractivity contribution >= 4 is 59.4 Å². The number of benzene rings is 2. The Kier molecular flexibility index (Phi) is 4.88. The van der Waals surface area contributed by atoms with E-state index in [4.69, 9.17) is 0 Å². The number of carbonyl (C=O) groups excluding carboxylic acids is 1. The summed E-state index contributed by atoms with van der Waals surface area (Å²) in [6.07, 6.45) is 1.93. The molecule has 1 N–H and O–H groups in total. The van der Waals surface area contributed by atoms with E-state index >= 15 is 0 Å². The molecule has 1 amide bonds. The van der Waals surface area contributed by atoms with Gasteiger partial charge in [-0.25, -0.2) is 0 Å². The molecule has 3 unspecified atom stereocenters. The summed E-state index contributed by atoms with van der Waals surface area (Å²) in [6, 6.07) is 18.4. The van der Waals surface area contributed by atoms with Gasteiger partial charge in [0, 0.05) is 15.9 Å². The number of halogens is 3. The quantitative estimate of drug-likeness (QED) is 0.405. The van der Waals surface area contributed by atoms with Crippen molar-refractivity contribution < 1.29 is 4.79 Å². The molecule has 0 radical (unpaired) electrons. The second kappa shape index (κ2) is 6.70. The minimum atomic E-state index is -0.384. The molecule has 2 aromatic rings. The molecule has 142 valence electrons. The fourth-order valence-electron chi connectivity index (χ4n) is 5.32. The van der Waals surface area contributed by atoms with Crippen molar-refractivity contribution in [2.24, 2.45) is 16.2 Å². The normalized spacial score (nSPS) is 30.8. The number of alkyl halides is 3. The summed E-state index contributed by atoms with van der Waals surface area (Å²) >= 11 is 11.4. The van der Waals surface area contributed by atoms with Crippen molar-refractivity contribution in [1.29, 1.82) is 0 Å². The molecule has 3 atom stereocenters. The zero-order valence-electron chi connectivity index (χ0n) is 15.3. The summed E-state index contributed by atoms with van der Waals surface area (Å²) in [5.74, 6) is 0.121. The highest BCUT2D eigenvalue weighted by Crippen LogP contribution is 2.82. The summed E-state index contributed by atoms with van der Waals surface area (Å²) < 4.78 is 0.186. The number of hydrogen-bond acceptors (Lipinski definition) is 1. The van der Waals surface area contributed by atoms with E-state index < -0.39 is 0 Å². The van der Waals surface area contributed by atoms with Crippen LogP contribution in [0.2, 0.25) is 0 Å². The second-order valence-corrected chi connectivity index (χ2v) is 12.2. The predicted molar refractivity (Wildman–Crippen MR) is 123 cm³/mol. The van der Waals surface area contributed by atoms with Crippen LogP contribution in [0.5, 0.6) is 0 Å². The van der Waals surface area contributed by atoms with Crippen molar-refractivity contribution in [3.05, 3.63) is 54.6 Å². The van der Waals surface area contributed by atoms with Gasteiger partial charge in [0.1, 0.15) is 0 Å².